The molecule has 0 spiro atoms. The molecule has 0 aliphatic carbocycles. The molecular weight excluding hydrogens is 282 g/mol. The van der Waals surface area contributed by atoms with Crippen molar-refractivity contribution >= 4 is 17.7 Å². The lowest BCUT2D eigenvalue weighted by Crippen LogP contribution is -2.42. The van der Waals surface area contributed by atoms with Crippen LogP contribution in [-0.4, -0.2) is 35.2 Å². The maximum Gasteiger partial charge on any atom is 0.224 e. The van der Waals surface area contributed by atoms with Gasteiger partial charge in [0.05, 0.1) is 12.0 Å². The molecule has 0 aliphatic heterocycles. The van der Waals surface area contributed by atoms with E-state index in [0.29, 0.717) is 18.1 Å². The minimum atomic E-state index is -0.851. The first-order valence-corrected chi connectivity index (χ1v) is 8.77. The quantitative estimate of drug-likeness (QED) is 0.776. The van der Waals surface area contributed by atoms with Crippen LogP contribution in [0.15, 0.2) is 24.3 Å². The monoisotopic (exact) mass is 309 g/mol. The molecule has 1 aromatic rings. The topological polar surface area (TPSA) is 49.3 Å². The van der Waals surface area contributed by atoms with E-state index >= 15 is 0 Å². The lowest BCUT2D eigenvalue weighted by molar-refractivity contribution is -0.121. The molecule has 118 valence electrons. The normalized spacial score (nSPS) is 14.0. The molecule has 1 amide bonds. The van der Waals surface area contributed by atoms with Gasteiger partial charge in [-0.15, -0.1) is 0 Å². The van der Waals surface area contributed by atoms with Crippen LogP contribution in [0.4, 0.5) is 0 Å². The van der Waals surface area contributed by atoms with Crippen molar-refractivity contribution in [3.05, 3.63) is 35.4 Å². The highest BCUT2D eigenvalue weighted by Crippen LogP contribution is 2.11. The molecule has 0 aliphatic rings. The summed E-state index contributed by atoms with van der Waals surface area (Å²) in [6, 6.07) is 8.20. The third-order valence-electron chi connectivity index (χ3n) is 3.15. The highest BCUT2D eigenvalue weighted by atomic mass is 32.2. The Hall–Kier alpha value is -1.00. The second kappa shape index (κ2) is 8.44. The summed E-state index contributed by atoms with van der Waals surface area (Å²) in [5, 5.41) is 12.8. The van der Waals surface area contributed by atoms with E-state index in [9.17, 15) is 9.90 Å². The summed E-state index contributed by atoms with van der Waals surface area (Å²) >= 11 is 1.57. The Morgan fingerprint density at radius 1 is 1.29 bits per heavy atom. The van der Waals surface area contributed by atoms with E-state index in [2.05, 4.69) is 31.3 Å². The fourth-order valence-corrected chi connectivity index (χ4v) is 2.89. The van der Waals surface area contributed by atoms with E-state index in [1.165, 1.54) is 5.56 Å². The average Bonchev–Trinajstić information content (AvgIpc) is 2.38. The standard InChI is InChI=1S/C17H27NO2S/c1-13(2)9-14-5-7-15(8-6-14)10-16(19)18-11-17(3,20)12-21-4/h5-8,13,20H,9-12H2,1-4H3,(H,18,19). The van der Waals surface area contributed by atoms with Crippen LogP contribution in [-0.2, 0) is 17.6 Å². The number of carbonyl (C=O) groups is 1. The van der Waals surface area contributed by atoms with E-state index < -0.39 is 5.60 Å². The first-order valence-electron chi connectivity index (χ1n) is 7.38. The first kappa shape index (κ1) is 18.1. The molecule has 1 aromatic carbocycles. The molecule has 1 unspecified atom stereocenters. The van der Waals surface area contributed by atoms with Crippen LogP contribution in [0.2, 0.25) is 0 Å². The highest BCUT2D eigenvalue weighted by Gasteiger charge is 2.20. The van der Waals surface area contributed by atoms with Crippen molar-refractivity contribution in [1.29, 1.82) is 0 Å². The second-order valence-electron chi connectivity index (χ2n) is 6.30. The molecule has 0 saturated carbocycles. The molecule has 3 nitrogen and oxygen atoms in total. The van der Waals surface area contributed by atoms with Crippen molar-refractivity contribution in [2.45, 2.75) is 39.2 Å². The molecule has 0 fully saturated rings. The molecule has 0 aromatic heterocycles. The van der Waals surface area contributed by atoms with Crippen LogP contribution in [0.3, 0.4) is 0 Å². The van der Waals surface area contributed by atoms with E-state index in [4.69, 9.17) is 0 Å². The van der Waals surface area contributed by atoms with Crippen molar-refractivity contribution in [3.63, 3.8) is 0 Å². The number of thioether (sulfide) groups is 1. The average molecular weight is 309 g/mol. The van der Waals surface area contributed by atoms with E-state index in [1.54, 1.807) is 18.7 Å². The van der Waals surface area contributed by atoms with Crippen LogP contribution in [0.25, 0.3) is 0 Å². The van der Waals surface area contributed by atoms with Gasteiger partial charge in [-0.25, -0.2) is 0 Å². The Morgan fingerprint density at radius 2 is 1.86 bits per heavy atom. The van der Waals surface area contributed by atoms with E-state index in [0.717, 1.165) is 12.0 Å². The zero-order chi connectivity index (χ0) is 15.9. The van der Waals surface area contributed by atoms with Crippen LogP contribution >= 0.6 is 11.8 Å². The minimum absolute atomic E-state index is 0.0482. The summed E-state index contributed by atoms with van der Waals surface area (Å²) in [6.45, 7) is 6.42. The predicted molar refractivity (Wildman–Crippen MR) is 90.7 cm³/mol. The van der Waals surface area contributed by atoms with Crippen molar-refractivity contribution < 1.29 is 9.90 Å². The van der Waals surface area contributed by atoms with E-state index in [-0.39, 0.29) is 12.5 Å². The van der Waals surface area contributed by atoms with Crippen molar-refractivity contribution in [2.75, 3.05) is 18.6 Å². The van der Waals surface area contributed by atoms with Gasteiger partial charge in [0.2, 0.25) is 5.91 Å². The largest absolute Gasteiger partial charge is 0.387 e. The Labute approximate surface area is 132 Å². The number of carbonyl (C=O) groups excluding carboxylic acids is 1. The maximum absolute atomic E-state index is 11.9. The summed E-state index contributed by atoms with van der Waals surface area (Å²) < 4.78 is 0. The molecule has 2 N–H and O–H groups in total. The summed E-state index contributed by atoms with van der Waals surface area (Å²) in [5.74, 6) is 1.20. The maximum atomic E-state index is 11.9. The SMILES string of the molecule is CSCC(C)(O)CNC(=O)Cc1ccc(CC(C)C)cc1. The van der Waals surface area contributed by atoms with Gasteiger partial charge in [-0.2, -0.15) is 11.8 Å². The zero-order valence-electron chi connectivity index (χ0n) is 13.5. The third-order valence-corrected chi connectivity index (χ3v) is 4.06. The van der Waals surface area contributed by atoms with Crippen LogP contribution in [0, 0.1) is 5.92 Å². The Kier molecular flexibility index (Phi) is 7.26. The predicted octanol–water partition coefficient (Wildman–Crippen LogP) is 2.66. The molecule has 0 saturated heterocycles. The van der Waals surface area contributed by atoms with Gasteiger partial charge in [0.15, 0.2) is 0 Å². The van der Waals surface area contributed by atoms with E-state index in [1.807, 2.05) is 18.4 Å². The van der Waals surface area contributed by atoms with Gasteiger partial charge in [-0.05, 0) is 36.6 Å². The first-order chi connectivity index (χ1) is 9.82. The summed E-state index contributed by atoms with van der Waals surface area (Å²) in [4.78, 5) is 11.9. The fourth-order valence-electron chi connectivity index (χ4n) is 2.16. The molecule has 4 heteroatoms. The van der Waals surface area contributed by atoms with Crippen LogP contribution in [0.5, 0.6) is 0 Å². The van der Waals surface area contributed by atoms with Gasteiger partial charge < -0.3 is 10.4 Å². The number of rotatable bonds is 8. The molecule has 0 heterocycles. The Bertz CT molecular complexity index is 441. The summed E-state index contributed by atoms with van der Waals surface area (Å²) in [5.41, 5.74) is 1.46. The molecule has 1 rings (SSSR count). The van der Waals surface area contributed by atoms with Gasteiger partial charge in [-0.1, -0.05) is 38.1 Å². The molecule has 0 bridgehead atoms. The van der Waals surface area contributed by atoms with Crippen LogP contribution < -0.4 is 5.32 Å². The van der Waals surface area contributed by atoms with Crippen molar-refractivity contribution in [1.82, 2.24) is 5.32 Å². The number of amides is 1. The number of nitrogens with one attached hydrogen (secondary N) is 1. The number of aliphatic hydroxyl groups is 1. The lowest BCUT2D eigenvalue weighted by Gasteiger charge is -2.22. The van der Waals surface area contributed by atoms with Crippen molar-refractivity contribution in [2.24, 2.45) is 5.92 Å². The van der Waals surface area contributed by atoms with Gasteiger partial charge in [-0.3, -0.25) is 4.79 Å². The van der Waals surface area contributed by atoms with Gasteiger partial charge in [0.1, 0.15) is 0 Å². The van der Waals surface area contributed by atoms with Crippen molar-refractivity contribution in [3.8, 4) is 0 Å². The number of hydrogen-bond donors (Lipinski definition) is 2. The van der Waals surface area contributed by atoms with Gasteiger partial charge in [0.25, 0.3) is 0 Å². The summed E-state index contributed by atoms with van der Waals surface area (Å²) in [6.07, 6.45) is 3.36. The highest BCUT2D eigenvalue weighted by molar-refractivity contribution is 7.98. The number of hydrogen-bond acceptors (Lipinski definition) is 3. The Balaban J connectivity index is 2.44. The molecular formula is C17H27NO2S. The summed E-state index contributed by atoms with van der Waals surface area (Å²) in [7, 11) is 0. The second-order valence-corrected chi connectivity index (χ2v) is 7.16. The molecule has 21 heavy (non-hydrogen) atoms. The molecule has 0 radical (unpaired) electrons. The van der Waals surface area contributed by atoms with Gasteiger partial charge >= 0.3 is 0 Å². The Morgan fingerprint density at radius 3 is 2.38 bits per heavy atom. The lowest BCUT2D eigenvalue weighted by atomic mass is 10.0. The number of benzene rings is 1. The fraction of sp³-hybridized carbons (Fsp3) is 0.588. The van der Waals surface area contributed by atoms with Gasteiger partial charge in [0, 0.05) is 12.3 Å². The zero-order valence-corrected chi connectivity index (χ0v) is 14.3. The molecule has 1 atom stereocenters. The third kappa shape index (κ3) is 7.53. The smallest absolute Gasteiger partial charge is 0.224 e. The minimum Gasteiger partial charge on any atom is -0.387 e. The van der Waals surface area contributed by atoms with Crippen LogP contribution in [0.1, 0.15) is 31.9 Å².